The van der Waals surface area contributed by atoms with Crippen LogP contribution in [0.2, 0.25) is 5.02 Å². The third-order valence-electron chi connectivity index (χ3n) is 3.62. The average Bonchev–Trinajstić information content (AvgIpc) is 2.13. The van der Waals surface area contributed by atoms with E-state index in [2.05, 4.69) is 31.3 Å². The maximum atomic E-state index is 6.19. The van der Waals surface area contributed by atoms with Gasteiger partial charge in [0.2, 0.25) is 0 Å². The molecule has 1 aromatic rings. The molecule has 2 rings (SSSR count). The minimum absolute atomic E-state index is 0.283. The van der Waals surface area contributed by atoms with E-state index in [0.717, 1.165) is 18.0 Å². The van der Waals surface area contributed by atoms with E-state index in [4.69, 9.17) is 11.6 Å². The Morgan fingerprint density at radius 3 is 2.53 bits per heavy atom. The highest BCUT2D eigenvalue weighted by atomic mass is 35.5. The van der Waals surface area contributed by atoms with Crippen LogP contribution in [0.5, 0.6) is 0 Å². The molecule has 1 N–H and O–H groups in total. The van der Waals surface area contributed by atoms with E-state index in [9.17, 15) is 0 Å². The average molecular weight is 224 g/mol. The van der Waals surface area contributed by atoms with Crippen LogP contribution in [0.4, 0.5) is 0 Å². The number of benzene rings is 1. The smallest absolute Gasteiger partial charge is 0.0438 e. The zero-order chi connectivity index (χ0) is 10.9. The van der Waals surface area contributed by atoms with Crippen LogP contribution in [0.3, 0.4) is 0 Å². The van der Waals surface area contributed by atoms with Gasteiger partial charge in [0.25, 0.3) is 0 Å². The van der Waals surface area contributed by atoms with Gasteiger partial charge >= 0.3 is 0 Å². The first kappa shape index (κ1) is 11.0. The third-order valence-corrected chi connectivity index (χ3v) is 3.99. The Labute approximate surface area is 96.8 Å². The van der Waals surface area contributed by atoms with Crippen molar-refractivity contribution in [3.8, 4) is 0 Å². The number of hydrogen-bond donors (Lipinski definition) is 1. The first-order valence-corrected chi connectivity index (χ1v) is 6.00. The predicted octanol–water partition coefficient (Wildman–Crippen LogP) is 3.27. The van der Waals surface area contributed by atoms with Crippen LogP contribution in [-0.4, -0.2) is 12.1 Å². The lowest BCUT2D eigenvalue weighted by atomic mass is 9.73. The molecule has 1 unspecified atom stereocenters. The van der Waals surface area contributed by atoms with Gasteiger partial charge in [-0.25, -0.2) is 0 Å². The molecule has 1 atom stereocenters. The largest absolute Gasteiger partial charge is 0.311 e. The summed E-state index contributed by atoms with van der Waals surface area (Å²) in [5.74, 6) is 0.655. The molecule has 0 radical (unpaired) electrons. The fraction of sp³-hybridized carbons (Fsp3) is 0.538. The topological polar surface area (TPSA) is 12.0 Å². The molecule has 1 saturated heterocycles. The summed E-state index contributed by atoms with van der Waals surface area (Å²) in [6.07, 6.45) is 2.31. The summed E-state index contributed by atoms with van der Waals surface area (Å²) in [6.45, 7) is 5.70. The van der Waals surface area contributed by atoms with Gasteiger partial charge in [-0.1, -0.05) is 43.6 Å². The molecule has 1 fully saturated rings. The monoisotopic (exact) mass is 223 g/mol. The van der Waals surface area contributed by atoms with Gasteiger partial charge in [-0.05, 0) is 36.9 Å². The number of rotatable bonds is 3. The summed E-state index contributed by atoms with van der Waals surface area (Å²) >= 11 is 6.19. The van der Waals surface area contributed by atoms with E-state index in [-0.39, 0.29) is 5.54 Å². The van der Waals surface area contributed by atoms with Crippen molar-refractivity contribution in [3.63, 3.8) is 0 Å². The maximum absolute atomic E-state index is 6.19. The Hall–Kier alpha value is -0.530. The molecular weight excluding hydrogens is 206 g/mol. The van der Waals surface area contributed by atoms with E-state index >= 15 is 0 Å². The molecule has 0 bridgehead atoms. The van der Waals surface area contributed by atoms with Crippen molar-refractivity contribution in [3.05, 3.63) is 34.9 Å². The Bertz CT molecular complexity index is 342. The summed E-state index contributed by atoms with van der Waals surface area (Å²) in [4.78, 5) is 0. The van der Waals surface area contributed by atoms with E-state index in [1.54, 1.807) is 0 Å². The highest BCUT2D eigenvalue weighted by Crippen LogP contribution is 2.33. The zero-order valence-corrected chi connectivity index (χ0v) is 10.1. The van der Waals surface area contributed by atoms with Gasteiger partial charge in [0, 0.05) is 10.6 Å². The normalized spacial score (nSPS) is 25.3. The van der Waals surface area contributed by atoms with Crippen molar-refractivity contribution in [2.24, 2.45) is 5.92 Å². The van der Waals surface area contributed by atoms with Crippen LogP contribution < -0.4 is 5.32 Å². The van der Waals surface area contributed by atoms with E-state index in [1.807, 2.05) is 12.1 Å². The molecule has 0 amide bonds. The van der Waals surface area contributed by atoms with Gasteiger partial charge in [0.15, 0.2) is 0 Å². The second kappa shape index (κ2) is 4.15. The zero-order valence-electron chi connectivity index (χ0n) is 9.39. The number of hydrogen-bond acceptors (Lipinski definition) is 1. The fourth-order valence-electron chi connectivity index (χ4n) is 2.28. The first-order chi connectivity index (χ1) is 7.14. The molecule has 82 valence electrons. The standard InChI is InChI=1S/C13H18ClN/c1-10(2)13(7-8-15-13)9-11-5-3-4-6-12(11)14/h3-6,10,15H,7-9H2,1-2H3. The number of halogens is 1. The van der Waals surface area contributed by atoms with Crippen molar-refractivity contribution in [2.45, 2.75) is 32.2 Å². The summed E-state index contributed by atoms with van der Waals surface area (Å²) in [5, 5.41) is 4.47. The highest BCUT2D eigenvalue weighted by Gasteiger charge is 2.39. The molecule has 1 aliphatic heterocycles. The van der Waals surface area contributed by atoms with E-state index in [1.165, 1.54) is 12.0 Å². The summed E-state index contributed by atoms with van der Waals surface area (Å²) in [5.41, 5.74) is 1.55. The van der Waals surface area contributed by atoms with Crippen LogP contribution in [0.1, 0.15) is 25.8 Å². The lowest BCUT2D eigenvalue weighted by Gasteiger charge is -2.47. The fourth-order valence-corrected chi connectivity index (χ4v) is 2.48. The van der Waals surface area contributed by atoms with E-state index in [0.29, 0.717) is 5.92 Å². The quantitative estimate of drug-likeness (QED) is 0.830. The van der Waals surface area contributed by atoms with Gasteiger partial charge in [-0.2, -0.15) is 0 Å². The minimum atomic E-state index is 0.283. The molecule has 15 heavy (non-hydrogen) atoms. The second-order valence-corrected chi connectivity index (χ2v) is 5.16. The van der Waals surface area contributed by atoms with Gasteiger partial charge in [0.05, 0.1) is 0 Å². The van der Waals surface area contributed by atoms with Gasteiger partial charge in [-0.15, -0.1) is 0 Å². The molecule has 0 spiro atoms. The molecule has 1 aromatic carbocycles. The van der Waals surface area contributed by atoms with Crippen LogP contribution in [0, 0.1) is 5.92 Å². The lowest BCUT2D eigenvalue weighted by Crippen LogP contribution is -2.61. The molecule has 1 heterocycles. The predicted molar refractivity (Wildman–Crippen MR) is 65.3 cm³/mol. The Morgan fingerprint density at radius 2 is 2.07 bits per heavy atom. The lowest BCUT2D eigenvalue weighted by molar-refractivity contribution is 0.139. The van der Waals surface area contributed by atoms with Crippen molar-refractivity contribution in [1.82, 2.24) is 5.32 Å². The summed E-state index contributed by atoms with van der Waals surface area (Å²) in [6, 6.07) is 8.16. The molecule has 0 saturated carbocycles. The first-order valence-electron chi connectivity index (χ1n) is 5.62. The summed E-state index contributed by atoms with van der Waals surface area (Å²) < 4.78 is 0. The van der Waals surface area contributed by atoms with Crippen molar-refractivity contribution < 1.29 is 0 Å². The van der Waals surface area contributed by atoms with Crippen LogP contribution in [0.15, 0.2) is 24.3 Å². The molecular formula is C13H18ClN. The molecule has 0 aliphatic carbocycles. The molecule has 1 aliphatic rings. The number of nitrogens with one attached hydrogen (secondary N) is 1. The SMILES string of the molecule is CC(C)C1(Cc2ccccc2Cl)CCN1. The molecule has 2 heteroatoms. The van der Waals surface area contributed by atoms with Crippen LogP contribution in [-0.2, 0) is 6.42 Å². The minimum Gasteiger partial charge on any atom is -0.311 e. The Balaban J connectivity index is 2.17. The second-order valence-electron chi connectivity index (χ2n) is 4.76. The van der Waals surface area contributed by atoms with Gasteiger partial charge in [-0.3, -0.25) is 0 Å². The van der Waals surface area contributed by atoms with Crippen LogP contribution >= 0.6 is 11.6 Å². The van der Waals surface area contributed by atoms with Crippen molar-refractivity contribution in [1.29, 1.82) is 0 Å². The Morgan fingerprint density at radius 1 is 1.40 bits per heavy atom. The Kier molecular flexibility index (Phi) is 3.03. The van der Waals surface area contributed by atoms with Gasteiger partial charge in [0.1, 0.15) is 0 Å². The third kappa shape index (κ3) is 2.04. The van der Waals surface area contributed by atoms with Crippen molar-refractivity contribution >= 4 is 11.6 Å². The molecule has 1 nitrogen and oxygen atoms in total. The van der Waals surface area contributed by atoms with Crippen molar-refractivity contribution in [2.75, 3.05) is 6.54 Å². The molecule has 0 aromatic heterocycles. The van der Waals surface area contributed by atoms with Gasteiger partial charge < -0.3 is 5.32 Å². The maximum Gasteiger partial charge on any atom is 0.0438 e. The van der Waals surface area contributed by atoms with Crippen LogP contribution in [0.25, 0.3) is 0 Å². The van der Waals surface area contributed by atoms with E-state index < -0.39 is 0 Å². The summed E-state index contributed by atoms with van der Waals surface area (Å²) in [7, 11) is 0. The highest BCUT2D eigenvalue weighted by molar-refractivity contribution is 6.31.